The Hall–Kier alpha value is -4.26. The predicted molar refractivity (Wildman–Crippen MR) is 139 cm³/mol. The molecular weight excluding hydrogens is 543 g/mol. The number of hydrogen-bond donors (Lipinski definition) is 1. The summed E-state index contributed by atoms with van der Waals surface area (Å²) in [6.07, 6.45) is -1.59. The molecule has 0 aliphatic rings. The van der Waals surface area contributed by atoms with Crippen molar-refractivity contribution in [2.24, 2.45) is 0 Å². The third-order valence-corrected chi connectivity index (χ3v) is 6.69. The maximum absolute atomic E-state index is 13.1. The summed E-state index contributed by atoms with van der Waals surface area (Å²) in [5.74, 6) is 1.27. The van der Waals surface area contributed by atoms with Gasteiger partial charge in [0.1, 0.15) is 5.75 Å². The van der Waals surface area contributed by atoms with Gasteiger partial charge in [0.05, 0.1) is 46.1 Å². The Balaban J connectivity index is 2.02. The fourth-order valence-corrected chi connectivity index (χ4v) is 4.61. The zero-order chi connectivity index (χ0) is 28.8. The molecule has 0 saturated heterocycles. The normalized spacial score (nSPS) is 11.7. The average Bonchev–Trinajstić information content (AvgIpc) is 2.90. The molecule has 0 aromatic heterocycles. The first kappa shape index (κ1) is 29.3. The van der Waals surface area contributed by atoms with Crippen LogP contribution in [0.1, 0.15) is 11.1 Å². The van der Waals surface area contributed by atoms with Crippen LogP contribution in [0.3, 0.4) is 0 Å². The van der Waals surface area contributed by atoms with Crippen LogP contribution in [0.2, 0.25) is 0 Å². The van der Waals surface area contributed by atoms with E-state index in [2.05, 4.69) is 9.46 Å². The number of hydrogen-bond acceptors (Lipinski definition) is 8. The molecule has 0 atom stereocenters. The Labute approximate surface area is 223 Å². The van der Waals surface area contributed by atoms with Gasteiger partial charge in [0, 0.05) is 11.6 Å². The lowest BCUT2D eigenvalue weighted by atomic mass is 10.1. The highest BCUT2D eigenvalue weighted by Gasteiger charge is 2.31. The Kier molecular flexibility index (Phi) is 9.07. The Morgan fingerprint density at radius 3 is 1.74 bits per heavy atom. The molecule has 210 valence electrons. The minimum atomic E-state index is -4.91. The summed E-state index contributed by atoms with van der Waals surface area (Å²) in [6.45, 7) is 0. The first-order chi connectivity index (χ1) is 18.4. The maximum Gasteiger partial charge on any atom is 0.573 e. The molecule has 0 heterocycles. The number of benzene rings is 3. The quantitative estimate of drug-likeness (QED) is 0.298. The molecule has 0 aliphatic carbocycles. The fourth-order valence-electron chi connectivity index (χ4n) is 3.53. The molecule has 0 amide bonds. The van der Waals surface area contributed by atoms with Crippen molar-refractivity contribution in [1.82, 2.24) is 0 Å². The van der Waals surface area contributed by atoms with Crippen molar-refractivity contribution < 1.29 is 50.0 Å². The SMILES string of the molecule is COc1cc(C=Cc2cc(OC)c(OC)c(OC)c2)c(NS(=O)(=O)c2ccc(OC(F)(F)F)cc2)cc1OC. The Bertz CT molecular complexity index is 1410. The highest BCUT2D eigenvalue weighted by atomic mass is 32.2. The number of halogens is 3. The summed E-state index contributed by atoms with van der Waals surface area (Å²) >= 11 is 0. The molecular formula is C26H26F3NO8S. The van der Waals surface area contributed by atoms with Crippen LogP contribution in [0.4, 0.5) is 18.9 Å². The van der Waals surface area contributed by atoms with Crippen molar-refractivity contribution in [2.45, 2.75) is 11.3 Å². The predicted octanol–water partition coefficient (Wildman–Crippen LogP) is 5.60. The lowest BCUT2D eigenvalue weighted by Crippen LogP contribution is -2.17. The van der Waals surface area contributed by atoms with Crippen molar-refractivity contribution in [1.29, 1.82) is 0 Å². The molecule has 0 spiro atoms. The number of methoxy groups -OCH3 is 5. The summed E-state index contributed by atoms with van der Waals surface area (Å²) in [6, 6.07) is 10.2. The van der Waals surface area contributed by atoms with Crippen molar-refractivity contribution in [2.75, 3.05) is 40.3 Å². The molecule has 0 fully saturated rings. The highest BCUT2D eigenvalue weighted by Crippen LogP contribution is 2.39. The van der Waals surface area contributed by atoms with E-state index < -0.39 is 22.1 Å². The molecule has 0 bridgehead atoms. The van der Waals surface area contributed by atoms with Gasteiger partial charge in [-0.05, 0) is 48.0 Å². The second kappa shape index (κ2) is 12.1. The molecule has 0 unspecified atom stereocenters. The van der Waals surface area contributed by atoms with Gasteiger partial charge in [0.2, 0.25) is 5.75 Å². The highest BCUT2D eigenvalue weighted by molar-refractivity contribution is 7.92. The second-order valence-corrected chi connectivity index (χ2v) is 9.39. The van der Waals surface area contributed by atoms with E-state index in [0.717, 1.165) is 24.3 Å². The van der Waals surface area contributed by atoms with E-state index in [-0.39, 0.29) is 16.3 Å². The largest absolute Gasteiger partial charge is 0.573 e. The van der Waals surface area contributed by atoms with E-state index in [9.17, 15) is 21.6 Å². The average molecular weight is 570 g/mol. The summed E-state index contributed by atoms with van der Waals surface area (Å²) in [5, 5.41) is 0. The zero-order valence-corrected chi connectivity index (χ0v) is 22.4. The van der Waals surface area contributed by atoms with Crippen LogP contribution in [-0.4, -0.2) is 50.3 Å². The molecule has 39 heavy (non-hydrogen) atoms. The van der Waals surface area contributed by atoms with Crippen LogP contribution in [0, 0.1) is 0 Å². The number of rotatable bonds is 11. The lowest BCUT2D eigenvalue weighted by molar-refractivity contribution is -0.274. The molecule has 3 aromatic carbocycles. The van der Waals surface area contributed by atoms with E-state index in [0.29, 0.717) is 34.1 Å². The smallest absolute Gasteiger partial charge is 0.493 e. The van der Waals surface area contributed by atoms with Gasteiger partial charge in [-0.2, -0.15) is 0 Å². The number of sulfonamides is 1. The van der Waals surface area contributed by atoms with Crippen LogP contribution in [0.15, 0.2) is 53.4 Å². The summed E-state index contributed by atoms with van der Waals surface area (Å²) in [4.78, 5) is -0.286. The molecule has 3 aromatic rings. The fraction of sp³-hybridized carbons (Fsp3) is 0.231. The lowest BCUT2D eigenvalue weighted by Gasteiger charge is -2.16. The number of nitrogens with one attached hydrogen (secondary N) is 1. The molecule has 13 heteroatoms. The van der Waals surface area contributed by atoms with Crippen molar-refractivity contribution in [3.8, 4) is 34.5 Å². The molecule has 0 aliphatic heterocycles. The Morgan fingerprint density at radius 1 is 0.718 bits per heavy atom. The molecule has 9 nitrogen and oxygen atoms in total. The van der Waals surface area contributed by atoms with E-state index in [1.54, 1.807) is 30.4 Å². The second-order valence-electron chi connectivity index (χ2n) is 7.71. The van der Waals surface area contributed by atoms with E-state index >= 15 is 0 Å². The van der Waals surface area contributed by atoms with Gasteiger partial charge in [-0.15, -0.1) is 13.2 Å². The maximum atomic E-state index is 13.1. The summed E-state index contributed by atoms with van der Waals surface area (Å²) in [7, 11) is 3.03. The van der Waals surface area contributed by atoms with Crippen molar-refractivity contribution >= 4 is 27.9 Å². The summed E-state index contributed by atoms with van der Waals surface area (Å²) < 4.78 is 96.6. The molecule has 1 N–H and O–H groups in total. The topological polar surface area (TPSA) is 102 Å². The van der Waals surface area contributed by atoms with Gasteiger partial charge in [0.15, 0.2) is 23.0 Å². The number of anilines is 1. The van der Waals surface area contributed by atoms with Crippen molar-refractivity contribution in [3.63, 3.8) is 0 Å². The third kappa shape index (κ3) is 7.19. The van der Waals surface area contributed by atoms with E-state index in [1.807, 2.05) is 0 Å². The number of ether oxygens (including phenoxy) is 6. The molecule has 3 rings (SSSR count). The van der Waals surface area contributed by atoms with Gasteiger partial charge in [-0.1, -0.05) is 12.2 Å². The monoisotopic (exact) mass is 569 g/mol. The van der Waals surface area contributed by atoms with Crippen LogP contribution in [-0.2, 0) is 10.0 Å². The molecule has 0 saturated carbocycles. The molecule has 0 radical (unpaired) electrons. The third-order valence-electron chi connectivity index (χ3n) is 5.31. The van der Waals surface area contributed by atoms with Gasteiger partial charge in [-0.25, -0.2) is 8.42 Å². The van der Waals surface area contributed by atoms with Gasteiger partial charge < -0.3 is 28.4 Å². The first-order valence-corrected chi connectivity index (χ1v) is 12.6. The van der Waals surface area contributed by atoms with Gasteiger partial charge in [-0.3, -0.25) is 4.72 Å². The minimum absolute atomic E-state index is 0.118. The number of alkyl halides is 3. The van der Waals surface area contributed by atoms with Crippen LogP contribution >= 0.6 is 0 Å². The zero-order valence-electron chi connectivity index (χ0n) is 21.6. The van der Waals surface area contributed by atoms with E-state index in [1.165, 1.54) is 41.6 Å². The summed E-state index contributed by atoms with van der Waals surface area (Å²) in [5.41, 5.74) is 1.15. The standard InChI is InChI=1S/C26H26F3NO8S/c1-33-21-14-17(7-6-16-12-23(35-3)25(37-5)24(13-16)36-4)20(15-22(21)34-2)30-39(31,32)19-10-8-18(9-11-19)38-26(27,28)29/h6-15,30H,1-5H3. The van der Waals surface area contributed by atoms with Crippen molar-refractivity contribution in [3.05, 3.63) is 59.7 Å². The van der Waals surface area contributed by atoms with Crippen LogP contribution in [0.25, 0.3) is 12.2 Å². The first-order valence-electron chi connectivity index (χ1n) is 11.1. The van der Waals surface area contributed by atoms with Crippen LogP contribution in [0.5, 0.6) is 34.5 Å². The Morgan fingerprint density at radius 2 is 1.26 bits per heavy atom. The van der Waals surface area contributed by atoms with Gasteiger partial charge >= 0.3 is 6.36 Å². The van der Waals surface area contributed by atoms with Gasteiger partial charge in [0.25, 0.3) is 10.0 Å². The van der Waals surface area contributed by atoms with Crippen LogP contribution < -0.4 is 33.1 Å². The van der Waals surface area contributed by atoms with E-state index in [4.69, 9.17) is 23.7 Å². The minimum Gasteiger partial charge on any atom is -0.493 e.